The van der Waals surface area contributed by atoms with E-state index in [1.165, 1.54) is 6.20 Å². The minimum absolute atomic E-state index is 0.0467. The van der Waals surface area contributed by atoms with Gasteiger partial charge in [-0.1, -0.05) is 11.6 Å². The van der Waals surface area contributed by atoms with Crippen molar-refractivity contribution in [1.29, 1.82) is 5.26 Å². The molecule has 0 N–H and O–H groups in total. The lowest BCUT2D eigenvalue weighted by Gasteiger charge is -2.39. The minimum atomic E-state index is -3.11. The molecule has 3 heterocycles. The van der Waals surface area contributed by atoms with Gasteiger partial charge in [0.2, 0.25) is 0 Å². The summed E-state index contributed by atoms with van der Waals surface area (Å²) in [6, 6.07) is 1.71. The van der Waals surface area contributed by atoms with E-state index in [-0.39, 0.29) is 41.3 Å². The molecule has 4 rings (SSSR count). The van der Waals surface area contributed by atoms with Crippen molar-refractivity contribution in [3.63, 3.8) is 0 Å². The van der Waals surface area contributed by atoms with Crippen LogP contribution in [0.3, 0.4) is 0 Å². The molecule has 0 saturated carbocycles. The van der Waals surface area contributed by atoms with Gasteiger partial charge in [-0.2, -0.15) is 10.4 Å². The van der Waals surface area contributed by atoms with Crippen molar-refractivity contribution in [2.24, 2.45) is 0 Å². The predicted octanol–water partition coefficient (Wildman–Crippen LogP) is 4.30. The van der Waals surface area contributed by atoms with Gasteiger partial charge in [-0.05, 0) is 32.8 Å². The number of amides is 1. The highest BCUT2D eigenvalue weighted by Crippen LogP contribution is 2.47. The summed E-state index contributed by atoms with van der Waals surface area (Å²) in [6.45, 7) is 6.29. The number of pyridine rings is 1. The number of ether oxygens (including phenoxy) is 1. The van der Waals surface area contributed by atoms with E-state index in [9.17, 15) is 18.8 Å². The van der Waals surface area contributed by atoms with Crippen LogP contribution in [0.1, 0.15) is 49.9 Å². The van der Waals surface area contributed by atoms with Gasteiger partial charge in [0.25, 0.3) is 5.92 Å². The zero-order valence-corrected chi connectivity index (χ0v) is 17.5. The van der Waals surface area contributed by atoms with Crippen LogP contribution in [0.25, 0.3) is 11.3 Å². The quantitative estimate of drug-likeness (QED) is 0.656. The van der Waals surface area contributed by atoms with Crippen molar-refractivity contribution in [2.45, 2.75) is 51.2 Å². The maximum atomic E-state index is 14.4. The zero-order chi connectivity index (χ0) is 21.8. The molecule has 0 aromatic carbocycles. The van der Waals surface area contributed by atoms with Crippen LogP contribution >= 0.6 is 11.6 Å². The molecule has 0 bridgehead atoms. The van der Waals surface area contributed by atoms with Gasteiger partial charge in [0.05, 0.1) is 23.5 Å². The van der Waals surface area contributed by atoms with Crippen molar-refractivity contribution < 1.29 is 18.3 Å². The molecule has 0 spiro atoms. The van der Waals surface area contributed by atoms with Gasteiger partial charge in [-0.15, -0.1) is 0 Å². The summed E-state index contributed by atoms with van der Waals surface area (Å²) in [5.41, 5.74) is 0.0467. The van der Waals surface area contributed by atoms with Crippen LogP contribution in [-0.4, -0.2) is 44.4 Å². The number of carbonyl (C=O) groups is 1. The third-order valence-electron chi connectivity index (χ3n) is 5.18. The first kappa shape index (κ1) is 20.5. The first-order valence-electron chi connectivity index (χ1n) is 9.53. The van der Waals surface area contributed by atoms with Crippen molar-refractivity contribution in [2.75, 3.05) is 13.1 Å². The molecule has 10 heteroatoms. The Morgan fingerprint density at radius 2 is 2.10 bits per heavy atom. The topological polar surface area (TPSA) is 84.0 Å². The average molecular weight is 436 g/mol. The first-order chi connectivity index (χ1) is 14.0. The number of likely N-dealkylation sites (tertiary alicyclic amines) is 1. The highest BCUT2D eigenvalue weighted by molar-refractivity contribution is 6.30. The number of carbonyl (C=O) groups excluding carboxylic acids is 1. The van der Waals surface area contributed by atoms with Crippen LogP contribution in [0.2, 0.25) is 5.15 Å². The first-order valence-corrected chi connectivity index (χ1v) is 9.91. The molecular weight excluding hydrogens is 416 g/mol. The molecule has 158 valence electrons. The SMILES string of the molecule is CC(C)(C)OC(=O)N1CC(n2cc(-c3nc(Cl)c(C#N)c4c3CCC4(F)F)cn2)C1. The maximum Gasteiger partial charge on any atom is 0.410 e. The number of aromatic nitrogens is 3. The Balaban J connectivity index is 1.57. The lowest BCUT2D eigenvalue weighted by Crippen LogP contribution is -2.52. The Morgan fingerprint density at radius 3 is 2.73 bits per heavy atom. The number of hydrogen-bond acceptors (Lipinski definition) is 5. The van der Waals surface area contributed by atoms with Crippen LogP contribution < -0.4 is 0 Å². The van der Waals surface area contributed by atoms with Gasteiger partial charge < -0.3 is 9.64 Å². The van der Waals surface area contributed by atoms with Crippen molar-refractivity contribution in [3.8, 4) is 17.3 Å². The van der Waals surface area contributed by atoms with Gasteiger partial charge in [-0.25, -0.2) is 18.6 Å². The lowest BCUT2D eigenvalue weighted by molar-refractivity contribution is -0.00233. The van der Waals surface area contributed by atoms with Crippen molar-refractivity contribution >= 4 is 17.7 Å². The van der Waals surface area contributed by atoms with Crippen LogP contribution in [0.5, 0.6) is 0 Å². The van der Waals surface area contributed by atoms with E-state index in [0.717, 1.165) is 0 Å². The third-order valence-corrected chi connectivity index (χ3v) is 5.46. The van der Waals surface area contributed by atoms with E-state index in [1.54, 1.807) is 42.6 Å². The number of hydrogen-bond donors (Lipinski definition) is 0. The molecule has 0 atom stereocenters. The summed E-state index contributed by atoms with van der Waals surface area (Å²) >= 11 is 6.05. The molecule has 1 amide bonds. The molecule has 0 unspecified atom stereocenters. The number of alkyl halides is 2. The second kappa shape index (κ2) is 6.91. The number of fused-ring (bicyclic) bond motifs is 1. The van der Waals surface area contributed by atoms with E-state index in [4.69, 9.17) is 16.3 Å². The minimum Gasteiger partial charge on any atom is -0.444 e. The summed E-state index contributed by atoms with van der Waals surface area (Å²) in [5, 5.41) is 13.3. The summed E-state index contributed by atoms with van der Waals surface area (Å²) in [4.78, 5) is 17.9. The zero-order valence-electron chi connectivity index (χ0n) is 16.7. The molecule has 1 aliphatic carbocycles. The molecular formula is C20H20ClF2N5O2. The van der Waals surface area contributed by atoms with Crippen LogP contribution in [0.4, 0.5) is 13.6 Å². The van der Waals surface area contributed by atoms with E-state index >= 15 is 0 Å². The Kier molecular flexibility index (Phi) is 4.73. The van der Waals surface area contributed by atoms with Gasteiger partial charge in [0, 0.05) is 36.8 Å². The van der Waals surface area contributed by atoms with E-state index in [1.807, 2.05) is 0 Å². The van der Waals surface area contributed by atoms with Gasteiger partial charge in [-0.3, -0.25) is 4.68 Å². The summed E-state index contributed by atoms with van der Waals surface area (Å²) in [6.07, 6.45) is 2.59. The fourth-order valence-electron chi connectivity index (χ4n) is 3.75. The number of nitriles is 1. The Morgan fingerprint density at radius 1 is 1.40 bits per heavy atom. The Labute approximate surface area is 177 Å². The lowest BCUT2D eigenvalue weighted by atomic mass is 10.0. The average Bonchev–Trinajstić information content (AvgIpc) is 3.17. The maximum absolute atomic E-state index is 14.4. The van der Waals surface area contributed by atoms with E-state index in [2.05, 4.69) is 10.1 Å². The van der Waals surface area contributed by atoms with Crippen molar-refractivity contribution in [3.05, 3.63) is 34.2 Å². The van der Waals surface area contributed by atoms with E-state index < -0.39 is 11.5 Å². The number of rotatable bonds is 2. The van der Waals surface area contributed by atoms with E-state index in [0.29, 0.717) is 29.9 Å². The van der Waals surface area contributed by atoms with Crippen LogP contribution in [0, 0.1) is 11.3 Å². The van der Waals surface area contributed by atoms with Crippen LogP contribution in [-0.2, 0) is 17.1 Å². The number of halogens is 3. The van der Waals surface area contributed by atoms with Crippen LogP contribution in [0.15, 0.2) is 12.4 Å². The second-order valence-electron chi connectivity index (χ2n) is 8.54. The molecule has 2 aromatic heterocycles. The largest absolute Gasteiger partial charge is 0.444 e. The molecule has 30 heavy (non-hydrogen) atoms. The monoisotopic (exact) mass is 435 g/mol. The number of nitrogens with zero attached hydrogens (tertiary/aromatic N) is 5. The molecule has 0 radical (unpaired) electrons. The normalized spacial score (nSPS) is 18.0. The van der Waals surface area contributed by atoms with Gasteiger partial charge in [0.1, 0.15) is 16.8 Å². The third kappa shape index (κ3) is 3.49. The molecule has 7 nitrogen and oxygen atoms in total. The Bertz CT molecular complexity index is 1060. The fourth-order valence-corrected chi connectivity index (χ4v) is 3.97. The molecule has 2 aromatic rings. The summed E-state index contributed by atoms with van der Waals surface area (Å²) in [5.74, 6) is -3.11. The smallest absolute Gasteiger partial charge is 0.410 e. The Hall–Kier alpha value is -2.73. The molecule has 1 aliphatic heterocycles. The highest BCUT2D eigenvalue weighted by Gasteiger charge is 2.44. The highest BCUT2D eigenvalue weighted by atomic mass is 35.5. The summed E-state index contributed by atoms with van der Waals surface area (Å²) in [7, 11) is 0. The predicted molar refractivity (Wildman–Crippen MR) is 104 cm³/mol. The standard InChI is InChI=1S/C20H20ClF2N5O2/c1-19(2,3)30-18(29)27-9-12(10-27)28-8-11(7-25-28)16-13-4-5-20(22,23)15(13)14(6-24)17(21)26-16/h7-8,12H,4-5,9-10H2,1-3H3. The fraction of sp³-hybridized carbons (Fsp3) is 0.500. The summed E-state index contributed by atoms with van der Waals surface area (Å²) < 4.78 is 35.8. The second-order valence-corrected chi connectivity index (χ2v) is 8.90. The molecule has 2 aliphatic rings. The van der Waals surface area contributed by atoms with Crippen molar-refractivity contribution in [1.82, 2.24) is 19.7 Å². The van der Waals surface area contributed by atoms with Gasteiger partial charge >= 0.3 is 6.09 Å². The van der Waals surface area contributed by atoms with Gasteiger partial charge in [0.15, 0.2) is 0 Å². The molecule has 1 saturated heterocycles. The molecule has 1 fully saturated rings.